The maximum Gasteiger partial charge on any atom is 0.0465 e. The Morgan fingerprint density at radius 3 is 2.36 bits per heavy atom. The predicted molar refractivity (Wildman–Crippen MR) is 73.8 cm³/mol. The van der Waals surface area contributed by atoms with Crippen molar-refractivity contribution in [2.24, 2.45) is 0 Å². The molecule has 0 radical (unpaired) electrons. The third kappa shape index (κ3) is 12.1. The van der Waals surface area contributed by atoms with Gasteiger partial charge in [-0.15, -0.1) is 5.70 Å². The van der Waals surface area contributed by atoms with Gasteiger partial charge in [0.05, 0.1) is 0 Å². The van der Waals surface area contributed by atoms with Gasteiger partial charge in [0.15, 0.2) is 0 Å². The first-order chi connectivity index (χ1) is 6.42. The molecule has 0 saturated heterocycles. The second kappa shape index (κ2) is 7.43. The fraction of sp³-hybridized carbons (Fsp3) is 0.818. The molecule has 0 bridgehead atoms. The van der Waals surface area contributed by atoms with E-state index in [1.54, 1.807) is 0 Å². The minimum atomic E-state index is -0.807. The van der Waals surface area contributed by atoms with Crippen LogP contribution in [0.25, 0.3) is 0 Å². The molecule has 1 N–H and O–H groups in total. The van der Waals surface area contributed by atoms with Crippen molar-refractivity contribution in [3.63, 3.8) is 0 Å². The average Bonchev–Trinajstić information content (AvgIpc) is 2.00. The molecule has 0 atom stereocenters. The van der Waals surface area contributed by atoms with Crippen LogP contribution in [0.5, 0.6) is 0 Å². The molecule has 14 heavy (non-hydrogen) atoms. The van der Waals surface area contributed by atoms with Gasteiger partial charge in [-0.05, 0) is 39.0 Å². The highest BCUT2D eigenvalue weighted by molar-refractivity contribution is 6.76. The summed E-state index contributed by atoms with van der Waals surface area (Å²) in [5.41, 5.74) is 3.96. The molecule has 0 heterocycles. The molecule has 3 heteroatoms. The predicted octanol–water partition coefficient (Wildman–Crippen LogP) is 2.43. The Bertz CT molecular complexity index is 167. The Hall–Kier alpha value is 0.134. The van der Waals surface area contributed by atoms with Crippen molar-refractivity contribution >= 4 is 17.6 Å². The van der Waals surface area contributed by atoms with Crippen LogP contribution in [-0.2, 0) is 0 Å². The molecular weight excluding hydrogens is 202 g/mol. The summed E-state index contributed by atoms with van der Waals surface area (Å²) in [6.07, 6.45) is 0. The Morgan fingerprint density at radius 1 is 1.21 bits per heavy atom. The molecule has 0 aromatic carbocycles. The van der Waals surface area contributed by atoms with E-state index in [-0.39, 0.29) is 9.52 Å². The molecule has 0 fully saturated rings. The second-order valence-corrected chi connectivity index (χ2v) is 12.8. The maximum atomic E-state index is 3.56. The highest BCUT2D eigenvalue weighted by Gasteiger charge is 2.10. The fourth-order valence-electron chi connectivity index (χ4n) is 1.21. The molecule has 0 aliphatic heterocycles. The quantitative estimate of drug-likeness (QED) is 0.522. The number of allylic oxidation sites excluding steroid dienone is 1. The van der Waals surface area contributed by atoms with E-state index in [2.05, 4.69) is 44.5 Å². The largest absolute Gasteiger partial charge is 0.317 e. The average molecular weight is 230 g/mol. The Morgan fingerprint density at radius 2 is 1.86 bits per heavy atom. The first kappa shape index (κ1) is 14.1. The van der Waals surface area contributed by atoms with Gasteiger partial charge in [-0.2, -0.15) is 0 Å². The zero-order chi connectivity index (χ0) is 11.0. The summed E-state index contributed by atoms with van der Waals surface area (Å²) < 4.78 is 0. The van der Waals surface area contributed by atoms with E-state index >= 15 is 0 Å². The van der Waals surface area contributed by atoms with Crippen molar-refractivity contribution in [2.45, 2.75) is 45.6 Å². The lowest BCUT2D eigenvalue weighted by molar-refractivity contribution is 0.753. The van der Waals surface area contributed by atoms with Gasteiger partial charge in [0.2, 0.25) is 0 Å². The third-order valence-corrected chi connectivity index (χ3v) is 5.78. The molecule has 0 saturated carbocycles. The Labute approximate surface area is 93.2 Å². The number of hydrogen-bond acceptors (Lipinski definition) is 1. The van der Waals surface area contributed by atoms with Crippen LogP contribution in [0.4, 0.5) is 0 Å². The van der Waals surface area contributed by atoms with Crippen LogP contribution >= 0.6 is 0 Å². The van der Waals surface area contributed by atoms with Crippen molar-refractivity contribution in [3.05, 3.63) is 11.3 Å². The van der Waals surface area contributed by atoms with Crippen molar-refractivity contribution < 1.29 is 0 Å². The molecule has 0 unspecified atom stereocenters. The van der Waals surface area contributed by atoms with Crippen molar-refractivity contribution in [3.8, 4) is 0 Å². The van der Waals surface area contributed by atoms with E-state index < -0.39 is 8.07 Å². The molecule has 84 valence electrons. The maximum absolute atomic E-state index is 3.56. The molecule has 0 aromatic rings. The molecule has 0 rings (SSSR count). The highest BCUT2D eigenvalue weighted by Crippen LogP contribution is 2.05. The van der Waals surface area contributed by atoms with Crippen LogP contribution in [-0.4, -0.2) is 30.7 Å². The number of rotatable bonds is 7. The smallest absolute Gasteiger partial charge is 0.0465 e. The van der Waals surface area contributed by atoms with Gasteiger partial charge in [-0.3, -0.25) is 0 Å². The van der Waals surface area contributed by atoms with Gasteiger partial charge in [0, 0.05) is 17.6 Å². The van der Waals surface area contributed by atoms with Crippen molar-refractivity contribution in [1.29, 1.82) is 0 Å². The van der Waals surface area contributed by atoms with Crippen LogP contribution in [0, 0.1) is 0 Å². The van der Waals surface area contributed by atoms with Gasteiger partial charge in [-0.25, -0.2) is 0 Å². The number of nitrogens with one attached hydrogen (secondary N) is 1. The second-order valence-electron chi connectivity index (χ2n) is 5.48. The summed E-state index contributed by atoms with van der Waals surface area (Å²) in [5, 5.41) is 3.56. The van der Waals surface area contributed by atoms with Crippen LogP contribution < -0.4 is 5.32 Å². The lowest BCUT2D eigenvalue weighted by atomic mass is 10.4. The lowest BCUT2D eigenvalue weighted by Crippen LogP contribution is -2.27. The molecule has 0 amide bonds. The molecule has 0 aliphatic carbocycles. The highest BCUT2D eigenvalue weighted by atomic mass is 28.3. The zero-order valence-corrected chi connectivity index (χ0v) is 13.0. The zero-order valence-electron chi connectivity index (χ0n) is 10.6. The molecule has 0 aromatic heterocycles. The van der Waals surface area contributed by atoms with Gasteiger partial charge in [-0.1, -0.05) is 25.2 Å². The standard InChI is InChI=1S/C11H27NSi2/c1-11(2)10-13-8-6-12-7-9-14(3,4)5/h10,12H,6-9,13H2,1-5H3. The van der Waals surface area contributed by atoms with Gasteiger partial charge < -0.3 is 5.32 Å². The summed E-state index contributed by atoms with van der Waals surface area (Å²) in [6, 6.07) is 2.83. The van der Waals surface area contributed by atoms with Gasteiger partial charge >= 0.3 is 0 Å². The number of hydrogen-bond donors (Lipinski definition) is 1. The summed E-state index contributed by atoms with van der Waals surface area (Å²) in [5.74, 6) is 0. The summed E-state index contributed by atoms with van der Waals surface area (Å²) in [7, 11) is -0.718. The topological polar surface area (TPSA) is 12.0 Å². The van der Waals surface area contributed by atoms with Gasteiger partial charge in [0.25, 0.3) is 0 Å². The normalized spacial score (nSPS) is 12.4. The van der Waals surface area contributed by atoms with E-state index in [0.29, 0.717) is 0 Å². The Balaban J connectivity index is 3.19. The van der Waals surface area contributed by atoms with Crippen LogP contribution in [0.3, 0.4) is 0 Å². The third-order valence-electron chi connectivity index (χ3n) is 2.16. The lowest BCUT2D eigenvalue weighted by Gasteiger charge is -2.15. The van der Waals surface area contributed by atoms with Crippen LogP contribution in [0.2, 0.25) is 31.7 Å². The Kier molecular flexibility index (Phi) is 7.50. The first-order valence-electron chi connectivity index (χ1n) is 5.76. The monoisotopic (exact) mass is 229 g/mol. The first-order valence-corrected chi connectivity index (χ1v) is 11.3. The van der Waals surface area contributed by atoms with E-state index in [4.69, 9.17) is 0 Å². The van der Waals surface area contributed by atoms with E-state index in [9.17, 15) is 0 Å². The SMILES string of the molecule is CC(C)=C[SiH2]CCNCC[Si](C)(C)C. The minimum absolute atomic E-state index is 0.0885. The van der Waals surface area contributed by atoms with E-state index in [0.717, 1.165) is 0 Å². The fourth-order valence-corrected chi connectivity index (χ4v) is 3.37. The van der Waals surface area contributed by atoms with Crippen molar-refractivity contribution in [1.82, 2.24) is 5.32 Å². The van der Waals surface area contributed by atoms with Crippen molar-refractivity contribution in [2.75, 3.05) is 13.1 Å². The van der Waals surface area contributed by atoms with Gasteiger partial charge in [0.1, 0.15) is 0 Å². The van der Waals surface area contributed by atoms with Crippen LogP contribution in [0.1, 0.15) is 13.8 Å². The van der Waals surface area contributed by atoms with E-state index in [1.165, 1.54) is 30.8 Å². The molecule has 0 spiro atoms. The minimum Gasteiger partial charge on any atom is -0.317 e. The summed E-state index contributed by atoms with van der Waals surface area (Å²) >= 11 is 0. The summed E-state index contributed by atoms with van der Waals surface area (Å²) in [6.45, 7) is 14.2. The van der Waals surface area contributed by atoms with Crippen LogP contribution in [0.15, 0.2) is 11.3 Å². The summed E-state index contributed by atoms with van der Waals surface area (Å²) in [4.78, 5) is 0. The van der Waals surface area contributed by atoms with E-state index in [1.807, 2.05) is 0 Å². The molecule has 1 nitrogen and oxygen atoms in total. The molecule has 0 aliphatic rings. The molecular formula is C11H27NSi2.